The Morgan fingerprint density at radius 2 is 1.72 bits per heavy atom. The highest BCUT2D eigenvalue weighted by molar-refractivity contribution is 6.36. The molecule has 3 aromatic rings. The highest BCUT2D eigenvalue weighted by Gasteiger charge is 2.15. The van der Waals surface area contributed by atoms with E-state index in [-0.39, 0.29) is 11.6 Å². The third-order valence-electron chi connectivity index (χ3n) is 4.43. The van der Waals surface area contributed by atoms with E-state index in [9.17, 15) is 14.3 Å². The third-order valence-corrected chi connectivity index (χ3v) is 5.10. The second kappa shape index (κ2) is 8.72. The lowest BCUT2D eigenvalue weighted by Crippen LogP contribution is -2.30. The van der Waals surface area contributed by atoms with Gasteiger partial charge in [-0.25, -0.2) is 4.39 Å². The number of primary amides is 1. The van der Waals surface area contributed by atoms with Crippen molar-refractivity contribution in [3.63, 3.8) is 0 Å². The highest BCUT2D eigenvalue weighted by Crippen LogP contribution is 2.35. The van der Waals surface area contributed by atoms with Crippen LogP contribution in [0.5, 0.6) is 11.5 Å². The zero-order valence-corrected chi connectivity index (χ0v) is 17.0. The Morgan fingerprint density at radius 3 is 2.31 bits per heavy atom. The van der Waals surface area contributed by atoms with Gasteiger partial charge in [0.2, 0.25) is 0 Å². The summed E-state index contributed by atoms with van der Waals surface area (Å²) in [6.07, 6.45) is -0.416. The molecule has 3 aromatic carbocycles. The molecule has 1 amide bonds. The second-order valence-electron chi connectivity index (χ2n) is 6.56. The van der Waals surface area contributed by atoms with E-state index in [0.717, 1.165) is 5.56 Å². The molecule has 0 heterocycles. The monoisotopic (exact) mass is 433 g/mol. The molecule has 150 valence electrons. The summed E-state index contributed by atoms with van der Waals surface area (Å²) in [7, 11) is 0. The first-order chi connectivity index (χ1) is 13.7. The molecule has 7 heteroatoms. The molecule has 1 atom stereocenters. The molecule has 3 N–H and O–H groups in total. The summed E-state index contributed by atoms with van der Waals surface area (Å²) < 4.78 is 18.6. The van der Waals surface area contributed by atoms with Crippen molar-refractivity contribution in [1.82, 2.24) is 0 Å². The number of ether oxygens (including phenoxy) is 1. The van der Waals surface area contributed by atoms with Gasteiger partial charge in [0.15, 0.2) is 6.10 Å². The number of rotatable bonds is 6. The van der Waals surface area contributed by atoms with E-state index in [1.807, 2.05) is 0 Å². The lowest BCUT2D eigenvalue weighted by molar-refractivity contribution is -0.123. The topological polar surface area (TPSA) is 72.6 Å². The number of hydrogen-bond donors (Lipinski definition) is 2. The maximum Gasteiger partial charge on any atom is 0.258 e. The molecule has 0 bridgehead atoms. The Morgan fingerprint density at radius 1 is 1.10 bits per heavy atom. The normalized spacial score (nSPS) is 11.9. The van der Waals surface area contributed by atoms with Gasteiger partial charge in [-0.1, -0.05) is 41.4 Å². The smallest absolute Gasteiger partial charge is 0.258 e. The van der Waals surface area contributed by atoms with Gasteiger partial charge in [0, 0.05) is 22.0 Å². The quantitative estimate of drug-likeness (QED) is 0.550. The number of benzene rings is 3. The number of aromatic hydroxyl groups is 1. The third kappa shape index (κ3) is 5.00. The van der Waals surface area contributed by atoms with Gasteiger partial charge < -0.3 is 15.6 Å². The van der Waals surface area contributed by atoms with E-state index < -0.39 is 12.0 Å². The zero-order valence-electron chi connectivity index (χ0n) is 15.5. The van der Waals surface area contributed by atoms with Crippen LogP contribution in [0.25, 0.3) is 11.1 Å². The zero-order chi connectivity index (χ0) is 21.1. The molecule has 4 nitrogen and oxygen atoms in total. The first-order valence-corrected chi connectivity index (χ1v) is 9.52. The molecule has 0 aromatic heterocycles. The Balaban J connectivity index is 1.89. The minimum Gasteiger partial charge on any atom is -0.507 e. The number of amides is 1. The Labute approximate surface area is 177 Å². The van der Waals surface area contributed by atoms with E-state index in [0.29, 0.717) is 38.9 Å². The first-order valence-electron chi connectivity index (χ1n) is 8.76. The molecule has 0 radical (unpaired) electrons. The van der Waals surface area contributed by atoms with Gasteiger partial charge in [-0.2, -0.15) is 0 Å². The van der Waals surface area contributed by atoms with Crippen LogP contribution in [-0.2, 0) is 11.2 Å². The second-order valence-corrected chi connectivity index (χ2v) is 7.38. The average Bonchev–Trinajstić information content (AvgIpc) is 2.66. The molecule has 0 aliphatic carbocycles. The summed E-state index contributed by atoms with van der Waals surface area (Å²) in [6, 6.07) is 14.1. The number of phenols is 1. The number of halogens is 3. The van der Waals surface area contributed by atoms with E-state index in [2.05, 4.69) is 0 Å². The lowest BCUT2D eigenvalue weighted by Gasteiger charge is -2.15. The molecule has 0 unspecified atom stereocenters. The van der Waals surface area contributed by atoms with Crippen LogP contribution in [0.1, 0.15) is 18.1 Å². The fourth-order valence-corrected chi connectivity index (χ4v) is 3.44. The molecular formula is C22H18Cl2FNO3. The van der Waals surface area contributed by atoms with Crippen LogP contribution in [-0.4, -0.2) is 17.1 Å². The van der Waals surface area contributed by atoms with Crippen molar-refractivity contribution in [2.75, 3.05) is 0 Å². The van der Waals surface area contributed by atoms with Crippen molar-refractivity contribution >= 4 is 29.1 Å². The fraction of sp³-hybridized carbons (Fsp3) is 0.136. The Kier molecular flexibility index (Phi) is 6.30. The van der Waals surface area contributed by atoms with Gasteiger partial charge in [-0.05, 0) is 60.0 Å². The van der Waals surface area contributed by atoms with E-state index in [4.69, 9.17) is 33.7 Å². The minimum absolute atomic E-state index is 0.0849. The van der Waals surface area contributed by atoms with E-state index >= 15 is 0 Å². The summed E-state index contributed by atoms with van der Waals surface area (Å²) in [5.74, 6) is -0.524. The molecule has 3 rings (SSSR count). The number of carbonyl (C=O) groups is 1. The van der Waals surface area contributed by atoms with Gasteiger partial charge in [0.05, 0.1) is 0 Å². The summed E-state index contributed by atoms with van der Waals surface area (Å²) >= 11 is 12.8. The average molecular weight is 434 g/mol. The van der Waals surface area contributed by atoms with E-state index in [1.54, 1.807) is 42.5 Å². The van der Waals surface area contributed by atoms with Gasteiger partial charge in [0.1, 0.15) is 17.3 Å². The van der Waals surface area contributed by atoms with Crippen molar-refractivity contribution in [3.8, 4) is 22.6 Å². The summed E-state index contributed by atoms with van der Waals surface area (Å²) in [6.45, 7) is 1.53. The number of hydrogen-bond acceptors (Lipinski definition) is 3. The summed E-state index contributed by atoms with van der Waals surface area (Å²) in [5, 5.41) is 10.9. The van der Waals surface area contributed by atoms with Crippen LogP contribution in [0.15, 0.2) is 54.6 Å². The molecule has 0 fully saturated rings. The van der Waals surface area contributed by atoms with Crippen LogP contribution in [0.3, 0.4) is 0 Å². The predicted molar refractivity (Wildman–Crippen MR) is 112 cm³/mol. The van der Waals surface area contributed by atoms with Crippen molar-refractivity contribution in [1.29, 1.82) is 0 Å². The number of nitrogens with two attached hydrogens (primary N) is 1. The predicted octanol–water partition coefficient (Wildman–Crippen LogP) is 5.35. The maximum atomic E-state index is 13.2. The van der Waals surface area contributed by atoms with Crippen molar-refractivity contribution in [3.05, 3.63) is 81.6 Å². The SMILES string of the molecule is C[C@@H](Oc1cc(Cl)c(Cc2ccc(O)c(-c3ccc(F)cc3)c2)c(Cl)c1)C(N)=O. The van der Waals surface area contributed by atoms with Gasteiger partial charge in [-0.3, -0.25) is 4.79 Å². The lowest BCUT2D eigenvalue weighted by atomic mass is 9.98. The molecule has 0 aliphatic rings. The van der Waals surface area contributed by atoms with E-state index in [1.165, 1.54) is 19.1 Å². The molecule has 0 saturated carbocycles. The standard InChI is InChI=1S/C22H18Cl2FNO3/c1-12(22(26)28)29-16-10-19(23)18(20(24)11-16)9-13-2-7-21(27)17(8-13)14-3-5-15(25)6-4-14/h2-8,10-12,27H,9H2,1H3,(H2,26,28)/t12-/m1/s1. The summed E-state index contributed by atoms with van der Waals surface area (Å²) in [4.78, 5) is 11.2. The molecular weight excluding hydrogens is 416 g/mol. The molecule has 0 spiro atoms. The van der Waals surface area contributed by atoms with Crippen LogP contribution < -0.4 is 10.5 Å². The van der Waals surface area contributed by atoms with Crippen LogP contribution in [0.2, 0.25) is 10.0 Å². The first kappa shape index (κ1) is 21.0. The Hall–Kier alpha value is -2.76. The molecule has 29 heavy (non-hydrogen) atoms. The minimum atomic E-state index is -0.816. The fourth-order valence-electron chi connectivity index (χ4n) is 2.84. The summed E-state index contributed by atoms with van der Waals surface area (Å²) in [5.41, 5.74) is 7.99. The van der Waals surface area contributed by atoms with Gasteiger partial charge in [0.25, 0.3) is 5.91 Å². The Bertz CT molecular complexity index is 1030. The van der Waals surface area contributed by atoms with Crippen LogP contribution in [0.4, 0.5) is 4.39 Å². The van der Waals surface area contributed by atoms with Crippen molar-refractivity contribution < 1.29 is 19.0 Å². The van der Waals surface area contributed by atoms with Gasteiger partial charge >= 0.3 is 0 Å². The number of carbonyl (C=O) groups excluding carboxylic acids is 1. The molecule has 0 saturated heterocycles. The van der Waals surface area contributed by atoms with Crippen LogP contribution in [0, 0.1) is 5.82 Å². The maximum absolute atomic E-state index is 13.2. The van der Waals surface area contributed by atoms with Gasteiger partial charge in [-0.15, -0.1) is 0 Å². The largest absolute Gasteiger partial charge is 0.507 e. The highest BCUT2D eigenvalue weighted by atomic mass is 35.5. The van der Waals surface area contributed by atoms with Crippen LogP contribution >= 0.6 is 23.2 Å². The van der Waals surface area contributed by atoms with Crippen molar-refractivity contribution in [2.24, 2.45) is 5.73 Å². The number of phenolic OH excluding ortho intramolecular Hbond substituents is 1. The van der Waals surface area contributed by atoms with Crippen molar-refractivity contribution in [2.45, 2.75) is 19.4 Å². The molecule has 0 aliphatic heterocycles.